The van der Waals surface area contributed by atoms with Crippen molar-refractivity contribution >= 4 is 22.9 Å². The highest BCUT2D eigenvalue weighted by Crippen LogP contribution is 2.26. The molecule has 0 radical (unpaired) electrons. The number of hydrogen-bond acceptors (Lipinski definition) is 3. The Morgan fingerprint density at radius 1 is 1.14 bits per heavy atom. The first kappa shape index (κ1) is 14.5. The molecule has 1 N–H and O–H groups in total. The quantitative estimate of drug-likeness (QED) is 0.778. The van der Waals surface area contributed by atoms with E-state index in [2.05, 4.69) is 22.8 Å². The maximum absolute atomic E-state index is 11.1. The zero-order valence-corrected chi connectivity index (χ0v) is 13.1. The van der Waals surface area contributed by atoms with E-state index < -0.39 is 0 Å². The van der Waals surface area contributed by atoms with Crippen LogP contribution in [0.2, 0.25) is 0 Å². The molecular formula is C18H16N2OS. The first-order chi connectivity index (χ1) is 10.7. The number of thiazole rings is 1. The third kappa shape index (κ3) is 3.59. The molecule has 0 bridgehead atoms. The number of nitrogens with zero attached hydrogens (tertiary/aromatic N) is 1. The zero-order valence-electron chi connectivity index (χ0n) is 12.2. The SMILES string of the molecule is CC(=O)Nc1cccc(-c2nc(Cc3ccccc3)cs2)c1. The molecule has 3 aromatic rings. The summed E-state index contributed by atoms with van der Waals surface area (Å²) in [6, 6.07) is 18.1. The van der Waals surface area contributed by atoms with Crippen LogP contribution in [0.3, 0.4) is 0 Å². The predicted molar refractivity (Wildman–Crippen MR) is 91.1 cm³/mol. The summed E-state index contributed by atoms with van der Waals surface area (Å²) in [5.74, 6) is -0.0685. The van der Waals surface area contributed by atoms with E-state index in [1.165, 1.54) is 12.5 Å². The van der Waals surface area contributed by atoms with Crippen molar-refractivity contribution in [2.24, 2.45) is 0 Å². The van der Waals surface area contributed by atoms with Gasteiger partial charge in [0.05, 0.1) is 5.69 Å². The topological polar surface area (TPSA) is 42.0 Å². The minimum absolute atomic E-state index is 0.0685. The minimum atomic E-state index is -0.0685. The number of carbonyl (C=O) groups is 1. The van der Waals surface area contributed by atoms with E-state index in [1.807, 2.05) is 42.5 Å². The summed E-state index contributed by atoms with van der Waals surface area (Å²) in [7, 11) is 0. The second-order valence-corrected chi connectivity index (χ2v) is 5.93. The smallest absolute Gasteiger partial charge is 0.221 e. The Labute approximate surface area is 133 Å². The highest BCUT2D eigenvalue weighted by Gasteiger charge is 2.06. The number of amides is 1. The molecule has 22 heavy (non-hydrogen) atoms. The van der Waals surface area contributed by atoms with Crippen LogP contribution in [0.25, 0.3) is 10.6 Å². The molecule has 0 spiro atoms. The fraction of sp³-hybridized carbons (Fsp3) is 0.111. The van der Waals surface area contributed by atoms with Gasteiger partial charge in [0.25, 0.3) is 0 Å². The van der Waals surface area contributed by atoms with Gasteiger partial charge in [-0.2, -0.15) is 0 Å². The fourth-order valence-electron chi connectivity index (χ4n) is 2.26. The van der Waals surface area contributed by atoms with Crippen molar-refractivity contribution in [1.29, 1.82) is 0 Å². The normalized spacial score (nSPS) is 10.4. The van der Waals surface area contributed by atoms with Crippen LogP contribution in [-0.4, -0.2) is 10.9 Å². The molecule has 3 rings (SSSR count). The number of benzene rings is 2. The number of aromatic nitrogens is 1. The Bertz CT molecular complexity index is 781. The van der Waals surface area contributed by atoms with E-state index in [9.17, 15) is 4.79 Å². The molecule has 0 unspecified atom stereocenters. The standard InChI is InChI=1S/C18H16N2OS/c1-13(21)19-16-9-5-8-15(11-16)18-20-17(12-22-18)10-14-6-3-2-4-7-14/h2-9,11-12H,10H2,1H3,(H,19,21). The first-order valence-corrected chi connectivity index (χ1v) is 7.95. The molecule has 0 saturated heterocycles. The summed E-state index contributed by atoms with van der Waals surface area (Å²) < 4.78 is 0. The maximum atomic E-state index is 11.1. The van der Waals surface area contributed by atoms with E-state index in [4.69, 9.17) is 4.98 Å². The largest absolute Gasteiger partial charge is 0.326 e. The van der Waals surface area contributed by atoms with Gasteiger partial charge < -0.3 is 5.32 Å². The molecule has 4 heteroatoms. The molecule has 0 fully saturated rings. The number of nitrogens with one attached hydrogen (secondary N) is 1. The Hall–Kier alpha value is -2.46. The van der Waals surface area contributed by atoms with E-state index in [-0.39, 0.29) is 5.91 Å². The molecular weight excluding hydrogens is 292 g/mol. The first-order valence-electron chi connectivity index (χ1n) is 7.07. The lowest BCUT2D eigenvalue weighted by Gasteiger charge is -2.03. The average Bonchev–Trinajstić information content (AvgIpc) is 2.96. The molecule has 0 aliphatic heterocycles. The zero-order chi connectivity index (χ0) is 15.4. The lowest BCUT2D eigenvalue weighted by atomic mass is 10.1. The van der Waals surface area contributed by atoms with Gasteiger partial charge in [-0.3, -0.25) is 4.79 Å². The van der Waals surface area contributed by atoms with Gasteiger partial charge in [0.1, 0.15) is 5.01 Å². The van der Waals surface area contributed by atoms with Crippen LogP contribution in [-0.2, 0) is 11.2 Å². The lowest BCUT2D eigenvalue weighted by Crippen LogP contribution is -2.05. The van der Waals surface area contributed by atoms with Crippen molar-refractivity contribution < 1.29 is 4.79 Å². The Morgan fingerprint density at radius 3 is 2.73 bits per heavy atom. The van der Waals surface area contributed by atoms with Gasteiger partial charge in [-0.25, -0.2) is 4.98 Å². The van der Waals surface area contributed by atoms with Crippen LogP contribution in [0.4, 0.5) is 5.69 Å². The molecule has 0 saturated carbocycles. The van der Waals surface area contributed by atoms with Crippen LogP contribution in [0.5, 0.6) is 0 Å². The summed E-state index contributed by atoms with van der Waals surface area (Å²) in [4.78, 5) is 15.8. The van der Waals surface area contributed by atoms with Gasteiger partial charge in [-0.1, -0.05) is 42.5 Å². The Balaban J connectivity index is 1.80. The Morgan fingerprint density at radius 2 is 1.95 bits per heavy atom. The van der Waals surface area contributed by atoms with Crippen molar-refractivity contribution in [3.05, 3.63) is 71.2 Å². The van der Waals surface area contributed by atoms with Gasteiger partial charge in [0.15, 0.2) is 0 Å². The van der Waals surface area contributed by atoms with Gasteiger partial charge in [0, 0.05) is 30.0 Å². The van der Waals surface area contributed by atoms with Crippen LogP contribution in [0.15, 0.2) is 60.0 Å². The minimum Gasteiger partial charge on any atom is -0.326 e. The van der Waals surface area contributed by atoms with Gasteiger partial charge in [-0.15, -0.1) is 11.3 Å². The summed E-state index contributed by atoms with van der Waals surface area (Å²) in [6.07, 6.45) is 0.836. The van der Waals surface area contributed by atoms with Crippen LogP contribution >= 0.6 is 11.3 Å². The monoisotopic (exact) mass is 308 g/mol. The van der Waals surface area contributed by atoms with Crippen molar-refractivity contribution in [1.82, 2.24) is 4.98 Å². The van der Waals surface area contributed by atoms with Gasteiger partial charge >= 0.3 is 0 Å². The van der Waals surface area contributed by atoms with E-state index in [0.717, 1.165) is 28.4 Å². The molecule has 3 nitrogen and oxygen atoms in total. The van der Waals surface area contributed by atoms with Crippen LogP contribution < -0.4 is 5.32 Å². The fourth-order valence-corrected chi connectivity index (χ4v) is 3.08. The Kier molecular flexibility index (Phi) is 4.30. The number of hydrogen-bond donors (Lipinski definition) is 1. The van der Waals surface area contributed by atoms with Gasteiger partial charge in [0.2, 0.25) is 5.91 Å². The molecule has 0 aliphatic carbocycles. The third-order valence-corrected chi connectivity index (χ3v) is 4.15. The molecule has 1 heterocycles. The van der Waals surface area contributed by atoms with E-state index in [1.54, 1.807) is 11.3 Å². The van der Waals surface area contributed by atoms with Crippen LogP contribution in [0.1, 0.15) is 18.2 Å². The summed E-state index contributed by atoms with van der Waals surface area (Å²) >= 11 is 1.63. The predicted octanol–water partition coefficient (Wildman–Crippen LogP) is 4.36. The van der Waals surface area contributed by atoms with Crippen LogP contribution in [0, 0.1) is 0 Å². The summed E-state index contributed by atoms with van der Waals surface area (Å²) in [6.45, 7) is 1.51. The highest BCUT2D eigenvalue weighted by molar-refractivity contribution is 7.13. The summed E-state index contributed by atoms with van der Waals surface area (Å²) in [5, 5.41) is 5.86. The molecule has 1 amide bonds. The van der Waals surface area contributed by atoms with Crippen molar-refractivity contribution in [3.63, 3.8) is 0 Å². The molecule has 0 atom stereocenters. The second-order valence-electron chi connectivity index (χ2n) is 5.07. The summed E-state index contributed by atoms with van der Waals surface area (Å²) in [5.41, 5.74) is 4.14. The maximum Gasteiger partial charge on any atom is 0.221 e. The average molecular weight is 308 g/mol. The van der Waals surface area contributed by atoms with Crippen molar-refractivity contribution in [3.8, 4) is 10.6 Å². The van der Waals surface area contributed by atoms with Crippen molar-refractivity contribution in [2.75, 3.05) is 5.32 Å². The third-order valence-electron chi connectivity index (χ3n) is 3.21. The number of anilines is 1. The molecule has 1 aromatic heterocycles. The molecule has 0 aliphatic rings. The lowest BCUT2D eigenvalue weighted by molar-refractivity contribution is -0.114. The van der Waals surface area contributed by atoms with E-state index in [0.29, 0.717) is 0 Å². The second kappa shape index (κ2) is 6.54. The molecule has 110 valence electrons. The highest BCUT2D eigenvalue weighted by atomic mass is 32.1. The van der Waals surface area contributed by atoms with Crippen molar-refractivity contribution in [2.45, 2.75) is 13.3 Å². The van der Waals surface area contributed by atoms with E-state index >= 15 is 0 Å². The number of carbonyl (C=O) groups excluding carboxylic acids is 1. The van der Waals surface area contributed by atoms with Gasteiger partial charge in [-0.05, 0) is 17.7 Å². The molecule has 2 aromatic carbocycles. The number of rotatable bonds is 4.